The lowest BCUT2D eigenvalue weighted by Crippen LogP contribution is -1.89. The van der Waals surface area contributed by atoms with Crippen LogP contribution in [0.25, 0.3) is 0 Å². The van der Waals surface area contributed by atoms with Crippen LogP contribution in [0.1, 0.15) is 12.0 Å². The van der Waals surface area contributed by atoms with Crippen molar-refractivity contribution in [1.29, 1.82) is 0 Å². The SMILES string of the molecule is [O]CCCc1ccc(Br)cc1Br. The number of halogens is 2. The summed E-state index contributed by atoms with van der Waals surface area (Å²) < 4.78 is 2.13. The van der Waals surface area contributed by atoms with Gasteiger partial charge in [-0.3, -0.25) is 0 Å². The van der Waals surface area contributed by atoms with Gasteiger partial charge in [-0.2, -0.15) is 0 Å². The molecule has 0 aliphatic carbocycles. The fraction of sp³-hybridized carbons (Fsp3) is 0.333. The Balaban J connectivity index is 2.72. The van der Waals surface area contributed by atoms with Gasteiger partial charge in [0.25, 0.3) is 0 Å². The number of hydrogen-bond acceptors (Lipinski definition) is 0. The quantitative estimate of drug-likeness (QED) is 0.812. The first kappa shape index (κ1) is 10.2. The van der Waals surface area contributed by atoms with Gasteiger partial charge >= 0.3 is 0 Å². The van der Waals surface area contributed by atoms with Gasteiger partial charge < -0.3 is 0 Å². The second-order valence-corrected chi connectivity index (χ2v) is 4.31. The van der Waals surface area contributed by atoms with Crippen molar-refractivity contribution < 1.29 is 5.11 Å². The molecule has 0 spiro atoms. The number of hydrogen-bond donors (Lipinski definition) is 0. The van der Waals surface area contributed by atoms with Gasteiger partial charge in [0, 0.05) is 8.95 Å². The Labute approximate surface area is 89.1 Å². The predicted octanol–water partition coefficient (Wildman–Crippen LogP) is 3.57. The van der Waals surface area contributed by atoms with Gasteiger partial charge in [0.1, 0.15) is 0 Å². The molecule has 1 aromatic carbocycles. The standard InChI is InChI=1S/C9H9Br2O/c10-8-4-3-7(2-1-5-12)9(11)6-8/h3-4,6H,1-2,5H2. The molecule has 65 valence electrons. The summed E-state index contributed by atoms with van der Waals surface area (Å²) in [4.78, 5) is 0. The molecule has 0 fully saturated rings. The zero-order valence-electron chi connectivity index (χ0n) is 6.52. The molecule has 1 aromatic rings. The maximum Gasteiger partial charge on any atom is 0.0825 e. The Kier molecular flexibility index (Phi) is 4.26. The van der Waals surface area contributed by atoms with E-state index in [2.05, 4.69) is 31.9 Å². The predicted molar refractivity (Wildman–Crippen MR) is 55.7 cm³/mol. The van der Waals surface area contributed by atoms with Gasteiger partial charge in [-0.1, -0.05) is 37.9 Å². The highest BCUT2D eigenvalue weighted by Crippen LogP contribution is 2.22. The first-order valence-electron chi connectivity index (χ1n) is 3.76. The van der Waals surface area contributed by atoms with E-state index < -0.39 is 0 Å². The van der Waals surface area contributed by atoms with Crippen LogP contribution in [0.15, 0.2) is 27.1 Å². The van der Waals surface area contributed by atoms with Crippen molar-refractivity contribution in [2.24, 2.45) is 0 Å². The molecule has 0 aromatic heterocycles. The van der Waals surface area contributed by atoms with Crippen molar-refractivity contribution in [1.82, 2.24) is 0 Å². The summed E-state index contributed by atoms with van der Waals surface area (Å²) in [6.45, 7) is 0.00248. The van der Waals surface area contributed by atoms with Crippen molar-refractivity contribution >= 4 is 31.9 Å². The summed E-state index contributed by atoms with van der Waals surface area (Å²) >= 11 is 6.82. The van der Waals surface area contributed by atoms with E-state index in [1.165, 1.54) is 5.56 Å². The largest absolute Gasteiger partial charge is 0.237 e. The van der Waals surface area contributed by atoms with Gasteiger partial charge in [0.2, 0.25) is 0 Å². The van der Waals surface area contributed by atoms with Gasteiger partial charge in [-0.05, 0) is 30.5 Å². The zero-order valence-corrected chi connectivity index (χ0v) is 9.69. The summed E-state index contributed by atoms with van der Waals surface area (Å²) in [6.07, 6.45) is 1.57. The maximum absolute atomic E-state index is 10.3. The normalized spacial score (nSPS) is 10.2. The van der Waals surface area contributed by atoms with Gasteiger partial charge in [-0.15, -0.1) is 0 Å². The summed E-state index contributed by atoms with van der Waals surface area (Å²) in [5.74, 6) is 0. The van der Waals surface area contributed by atoms with Crippen LogP contribution in [0.3, 0.4) is 0 Å². The van der Waals surface area contributed by atoms with Crippen LogP contribution < -0.4 is 0 Å². The minimum absolute atomic E-state index is 0.00248. The topological polar surface area (TPSA) is 19.9 Å². The molecule has 12 heavy (non-hydrogen) atoms. The molecule has 3 heteroatoms. The fourth-order valence-electron chi connectivity index (χ4n) is 0.987. The number of benzene rings is 1. The summed E-state index contributed by atoms with van der Waals surface area (Å²) in [7, 11) is 0. The minimum atomic E-state index is 0.00248. The summed E-state index contributed by atoms with van der Waals surface area (Å²) in [5, 5.41) is 10.3. The Morgan fingerprint density at radius 3 is 2.58 bits per heavy atom. The summed E-state index contributed by atoms with van der Waals surface area (Å²) in [6, 6.07) is 6.02. The molecule has 0 N–H and O–H groups in total. The van der Waals surface area contributed by atoms with E-state index in [4.69, 9.17) is 0 Å². The molecule has 0 amide bonds. The smallest absolute Gasteiger partial charge is 0.0825 e. The van der Waals surface area contributed by atoms with Crippen LogP contribution in [0, 0.1) is 0 Å². The lowest BCUT2D eigenvalue weighted by molar-refractivity contribution is 0.189. The van der Waals surface area contributed by atoms with Crippen LogP contribution >= 0.6 is 31.9 Å². The first-order valence-corrected chi connectivity index (χ1v) is 5.34. The molecular weight excluding hydrogens is 284 g/mol. The van der Waals surface area contributed by atoms with Crippen LogP contribution in [0.4, 0.5) is 0 Å². The van der Waals surface area contributed by atoms with E-state index in [9.17, 15) is 5.11 Å². The third-order valence-electron chi connectivity index (χ3n) is 1.61. The van der Waals surface area contributed by atoms with E-state index in [0.717, 1.165) is 15.4 Å². The van der Waals surface area contributed by atoms with E-state index in [-0.39, 0.29) is 6.61 Å². The second-order valence-electron chi connectivity index (χ2n) is 2.54. The average Bonchev–Trinajstić information content (AvgIpc) is 2.03. The first-order chi connectivity index (χ1) is 5.74. The van der Waals surface area contributed by atoms with Gasteiger partial charge in [0.05, 0.1) is 6.61 Å². The third kappa shape index (κ3) is 2.88. The molecule has 0 bridgehead atoms. The van der Waals surface area contributed by atoms with Crippen molar-refractivity contribution in [2.75, 3.05) is 6.61 Å². The molecule has 0 aliphatic heterocycles. The van der Waals surface area contributed by atoms with Crippen molar-refractivity contribution in [3.8, 4) is 0 Å². The van der Waals surface area contributed by atoms with Gasteiger partial charge in [0.15, 0.2) is 0 Å². The Morgan fingerprint density at radius 1 is 1.25 bits per heavy atom. The number of aryl methyl sites for hydroxylation is 1. The van der Waals surface area contributed by atoms with E-state index in [1.54, 1.807) is 0 Å². The molecule has 0 heterocycles. The molecule has 0 saturated heterocycles. The minimum Gasteiger partial charge on any atom is -0.237 e. The molecule has 1 rings (SSSR count). The monoisotopic (exact) mass is 291 g/mol. The Morgan fingerprint density at radius 2 is 2.00 bits per heavy atom. The van der Waals surface area contributed by atoms with Crippen molar-refractivity contribution in [3.05, 3.63) is 32.7 Å². The van der Waals surface area contributed by atoms with Crippen LogP contribution in [-0.2, 0) is 11.5 Å². The maximum atomic E-state index is 10.3. The molecule has 1 nitrogen and oxygen atoms in total. The lowest BCUT2D eigenvalue weighted by atomic mass is 10.1. The van der Waals surface area contributed by atoms with E-state index in [0.29, 0.717) is 6.42 Å². The second kappa shape index (κ2) is 5.00. The number of rotatable bonds is 3. The molecule has 0 saturated carbocycles. The van der Waals surface area contributed by atoms with E-state index >= 15 is 0 Å². The van der Waals surface area contributed by atoms with Crippen molar-refractivity contribution in [2.45, 2.75) is 12.8 Å². The highest BCUT2D eigenvalue weighted by molar-refractivity contribution is 9.11. The zero-order chi connectivity index (χ0) is 8.97. The van der Waals surface area contributed by atoms with Crippen LogP contribution in [0.2, 0.25) is 0 Å². The fourth-order valence-corrected chi connectivity index (χ4v) is 2.23. The molecular formula is C9H9Br2O. The van der Waals surface area contributed by atoms with Gasteiger partial charge in [-0.25, -0.2) is 5.11 Å². The highest BCUT2D eigenvalue weighted by Gasteiger charge is 1.99. The van der Waals surface area contributed by atoms with E-state index in [1.807, 2.05) is 18.2 Å². The highest BCUT2D eigenvalue weighted by atomic mass is 79.9. The molecule has 0 atom stereocenters. The lowest BCUT2D eigenvalue weighted by Gasteiger charge is -2.02. The van der Waals surface area contributed by atoms with Crippen LogP contribution in [-0.4, -0.2) is 6.61 Å². The molecule has 1 radical (unpaired) electrons. The summed E-state index contributed by atoms with van der Waals surface area (Å²) in [5.41, 5.74) is 1.20. The Hall–Kier alpha value is 0.140. The molecule has 0 aliphatic rings. The third-order valence-corrected chi connectivity index (χ3v) is 2.84. The van der Waals surface area contributed by atoms with Crippen LogP contribution in [0.5, 0.6) is 0 Å². The Bertz CT molecular complexity index is 261. The average molecular weight is 293 g/mol. The van der Waals surface area contributed by atoms with Crippen molar-refractivity contribution in [3.63, 3.8) is 0 Å². The molecule has 0 unspecified atom stereocenters.